The van der Waals surface area contributed by atoms with Gasteiger partial charge in [0, 0.05) is 31.6 Å². The van der Waals surface area contributed by atoms with Crippen LogP contribution >= 0.6 is 0 Å². The van der Waals surface area contributed by atoms with Crippen LogP contribution in [-0.4, -0.2) is 67.3 Å². The van der Waals surface area contributed by atoms with Crippen LogP contribution in [0.15, 0.2) is 53.9 Å². The second-order valence-corrected chi connectivity index (χ2v) is 11.4. The molecule has 0 bridgehead atoms. The lowest BCUT2D eigenvalue weighted by Gasteiger charge is -2.34. The van der Waals surface area contributed by atoms with Crippen molar-refractivity contribution in [3.63, 3.8) is 0 Å². The fourth-order valence-corrected chi connectivity index (χ4v) is 6.22. The van der Waals surface area contributed by atoms with Crippen molar-refractivity contribution in [2.24, 2.45) is 0 Å². The smallest absolute Gasteiger partial charge is 0.319 e. The van der Waals surface area contributed by atoms with Gasteiger partial charge in [-0.15, -0.1) is 0 Å². The number of aryl methyl sites for hydroxylation is 2. The summed E-state index contributed by atoms with van der Waals surface area (Å²) in [5.41, 5.74) is 3.10. The molecule has 2 aromatic carbocycles. The highest BCUT2D eigenvalue weighted by Gasteiger charge is 2.49. The van der Waals surface area contributed by atoms with Gasteiger partial charge in [0.05, 0.1) is 6.67 Å². The van der Waals surface area contributed by atoms with Crippen LogP contribution in [0.5, 0.6) is 0 Å². The molecule has 2 aliphatic heterocycles. The molecule has 3 aliphatic rings. The third kappa shape index (κ3) is 4.63. The maximum Gasteiger partial charge on any atom is 0.326 e. The van der Waals surface area contributed by atoms with E-state index in [1.54, 1.807) is 13.0 Å². The third-order valence-electron chi connectivity index (χ3n) is 7.22. The Bertz CT molecular complexity index is 1270. The number of benzene rings is 2. The summed E-state index contributed by atoms with van der Waals surface area (Å²) in [6.45, 7) is 3.36. The van der Waals surface area contributed by atoms with E-state index in [1.807, 2.05) is 41.3 Å². The summed E-state index contributed by atoms with van der Waals surface area (Å²) in [6.07, 6.45) is 4.77. The Balaban J connectivity index is 1.21. The van der Waals surface area contributed by atoms with Crippen molar-refractivity contribution in [2.45, 2.75) is 31.7 Å². The molecule has 2 aromatic rings. The predicted molar refractivity (Wildman–Crippen MR) is 134 cm³/mol. The van der Waals surface area contributed by atoms with E-state index in [1.165, 1.54) is 25.7 Å². The molecular formula is C26H30N4O4S. The number of piperazine rings is 1. The van der Waals surface area contributed by atoms with E-state index in [-0.39, 0.29) is 12.6 Å². The van der Waals surface area contributed by atoms with Crippen molar-refractivity contribution >= 4 is 28.0 Å². The first-order chi connectivity index (χ1) is 16.8. The van der Waals surface area contributed by atoms with Crippen LogP contribution in [0.3, 0.4) is 0 Å². The summed E-state index contributed by atoms with van der Waals surface area (Å²) in [5, 5.41) is 4.12. The molecule has 1 unspecified atom stereocenters. The minimum absolute atomic E-state index is 0.138. The first-order valence-corrected chi connectivity index (χ1v) is 13.5. The number of nitrogens with zero attached hydrogens (tertiary/aromatic N) is 3. The molecule has 1 atom stereocenters. The summed E-state index contributed by atoms with van der Waals surface area (Å²) in [5.74, 6) is -0.277. The molecule has 1 aliphatic carbocycles. The lowest BCUT2D eigenvalue weighted by molar-refractivity contribution is -0.132. The first-order valence-electron chi connectivity index (χ1n) is 12.0. The van der Waals surface area contributed by atoms with Gasteiger partial charge in [0.2, 0.25) is 10.0 Å². The van der Waals surface area contributed by atoms with Crippen LogP contribution in [0.25, 0.3) is 6.08 Å². The monoisotopic (exact) mass is 494 g/mol. The van der Waals surface area contributed by atoms with E-state index in [4.69, 9.17) is 0 Å². The number of amides is 3. The normalized spacial score (nSPS) is 23.7. The molecular weight excluding hydrogens is 464 g/mol. The minimum atomic E-state index is -3.55. The Hall–Kier alpha value is -3.01. The Morgan fingerprint density at radius 3 is 2.43 bits per heavy atom. The highest BCUT2D eigenvalue weighted by atomic mass is 32.2. The quantitative estimate of drug-likeness (QED) is 0.624. The molecule has 1 N–H and O–H groups in total. The molecule has 5 rings (SSSR count). The lowest BCUT2D eigenvalue weighted by Crippen LogP contribution is -2.52. The highest BCUT2D eigenvalue weighted by molar-refractivity contribution is 7.92. The number of carbonyl (C=O) groups is 2. The van der Waals surface area contributed by atoms with Crippen LogP contribution in [0.2, 0.25) is 0 Å². The fraction of sp³-hybridized carbons (Fsp3) is 0.385. The number of hydrogen-bond acceptors (Lipinski definition) is 5. The average molecular weight is 495 g/mol. The predicted octanol–water partition coefficient (Wildman–Crippen LogP) is 2.52. The van der Waals surface area contributed by atoms with Gasteiger partial charge in [-0.1, -0.05) is 48.5 Å². The molecule has 184 valence electrons. The highest BCUT2D eigenvalue weighted by Crippen LogP contribution is 2.32. The van der Waals surface area contributed by atoms with Crippen molar-refractivity contribution in [1.82, 2.24) is 19.4 Å². The second-order valence-electron chi connectivity index (χ2n) is 9.54. The Morgan fingerprint density at radius 2 is 1.69 bits per heavy atom. The number of sulfonamides is 1. The number of urea groups is 1. The van der Waals surface area contributed by atoms with Gasteiger partial charge in [-0.05, 0) is 54.5 Å². The van der Waals surface area contributed by atoms with Gasteiger partial charge in [0.1, 0.15) is 5.54 Å². The number of imide groups is 1. The zero-order chi connectivity index (χ0) is 24.6. The molecule has 0 saturated carbocycles. The van der Waals surface area contributed by atoms with Crippen molar-refractivity contribution in [3.8, 4) is 0 Å². The lowest BCUT2D eigenvalue weighted by atomic mass is 9.90. The van der Waals surface area contributed by atoms with Gasteiger partial charge >= 0.3 is 6.03 Å². The molecule has 9 heteroatoms. The molecule has 0 aromatic heterocycles. The largest absolute Gasteiger partial charge is 0.326 e. The van der Waals surface area contributed by atoms with Crippen LogP contribution in [-0.2, 0) is 33.2 Å². The van der Waals surface area contributed by atoms with Crippen LogP contribution in [0.1, 0.15) is 35.6 Å². The van der Waals surface area contributed by atoms with E-state index in [9.17, 15) is 18.0 Å². The zero-order valence-corrected chi connectivity index (χ0v) is 20.6. The average Bonchev–Trinajstić information content (AvgIpc) is 3.42. The van der Waals surface area contributed by atoms with E-state index in [0.29, 0.717) is 26.2 Å². The topological polar surface area (TPSA) is 90.0 Å². The van der Waals surface area contributed by atoms with Crippen molar-refractivity contribution in [2.75, 3.05) is 32.8 Å². The maximum absolute atomic E-state index is 13.4. The first kappa shape index (κ1) is 23.7. The minimum Gasteiger partial charge on any atom is -0.319 e. The summed E-state index contributed by atoms with van der Waals surface area (Å²) >= 11 is 0. The van der Waals surface area contributed by atoms with Crippen LogP contribution in [0, 0.1) is 0 Å². The summed E-state index contributed by atoms with van der Waals surface area (Å²) in [6, 6.07) is 14.9. The molecule has 8 nitrogen and oxygen atoms in total. The number of hydrogen-bond donors (Lipinski definition) is 1. The van der Waals surface area contributed by atoms with Gasteiger partial charge in [-0.2, -0.15) is 4.31 Å². The Labute approximate surface area is 206 Å². The van der Waals surface area contributed by atoms with E-state index >= 15 is 0 Å². The van der Waals surface area contributed by atoms with Crippen LogP contribution < -0.4 is 5.32 Å². The van der Waals surface area contributed by atoms with Gasteiger partial charge < -0.3 is 5.32 Å². The molecule has 35 heavy (non-hydrogen) atoms. The number of rotatable bonds is 6. The van der Waals surface area contributed by atoms with E-state index in [2.05, 4.69) is 17.4 Å². The van der Waals surface area contributed by atoms with Gasteiger partial charge in [-0.3, -0.25) is 9.69 Å². The number of fused-ring (bicyclic) bond motifs is 1. The fourth-order valence-electron chi connectivity index (χ4n) is 5.04. The molecule has 0 radical (unpaired) electrons. The van der Waals surface area contributed by atoms with Crippen LogP contribution in [0.4, 0.5) is 4.79 Å². The maximum atomic E-state index is 13.4. The third-order valence-corrected chi connectivity index (χ3v) is 8.78. The standard InChI is InChI=1S/C26H30N4O4S/c1-26(23-11-10-21-8-5-9-22(21)18-23)24(31)30(25(32)27-26)19-28-13-15-29(16-14-28)35(33,34)17-12-20-6-3-2-4-7-20/h2-4,6-7,10-12,17-18H,5,8-9,13-16,19H2,1H3,(H,27,32)/b17-12+. The summed E-state index contributed by atoms with van der Waals surface area (Å²) in [4.78, 5) is 29.3. The Morgan fingerprint density at radius 1 is 0.971 bits per heavy atom. The van der Waals surface area contributed by atoms with Gasteiger partial charge in [-0.25, -0.2) is 18.1 Å². The number of carbonyl (C=O) groups excluding carboxylic acids is 2. The Kier molecular flexibility index (Phi) is 6.25. The van der Waals surface area contributed by atoms with Gasteiger partial charge in [0.15, 0.2) is 0 Å². The van der Waals surface area contributed by atoms with Crippen molar-refractivity contribution in [3.05, 3.63) is 76.2 Å². The van der Waals surface area contributed by atoms with Crippen molar-refractivity contribution < 1.29 is 18.0 Å². The molecule has 2 saturated heterocycles. The molecule has 2 heterocycles. The summed E-state index contributed by atoms with van der Waals surface area (Å²) < 4.78 is 26.9. The summed E-state index contributed by atoms with van der Waals surface area (Å²) in [7, 11) is -3.55. The number of nitrogens with one attached hydrogen (secondary N) is 1. The van der Waals surface area contributed by atoms with Crippen molar-refractivity contribution in [1.29, 1.82) is 0 Å². The zero-order valence-electron chi connectivity index (χ0n) is 19.8. The molecule has 2 fully saturated rings. The van der Waals surface area contributed by atoms with Gasteiger partial charge in [0.25, 0.3) is 5.91 Å². The van der Waals surface area contributed by atoms with E-state index in [0.717, 1.165) is 30.4 Å². The molecule has 0 spiro atoms. The SMILES string of the molecule is CC1(c2ccc3c(c2)CCC3)NC(=O)N(CN2CCN(S(=O)(=O)/C=C/c3ccccc3)CC2)C1=O. The second kappa shape index (κ2) is 9.22. The van der Waals surface area contributed by atoms with E-state index < -0.39 is 21.6 Å². The molecule has 3 amide bonds.